The summed E-state index contributed by atoms with van der Waals surface area (Å²) in [4.78, 5) is 28.1. The van der Waals surface area contributed by atoms with E-state index in [1.54, 1.807) is 18.3 Å². The summed E-state index contributed by atoms with van der Waals surface area (Å²) in [5.41, 5.74) is 0.453. The molecule has 112 valence electrons. The van der Waals surface area contributed by atoms with Gasteiger partial charge < -0.3 is 10.6 Å². The van der Waals surface area contributed by atoms with E-state index in [4.69, 9.17) is 0 Å². The molecule has 0 aromatic carbocycles. The van der Waals surface area contributed by atoms with Crippen LogP contribution in [-0.4, -0.2) is 28.4 Å². The van der Waals surface area contributed by atoms with Crippen molar-refractivity contribution in [3.63, 3.8) is 0 Å². The third kappa shape index (κ3) is 5.69. The van der Waals surface area contributed by atoms with Crippen LogP contribution >= 0.6 is 11.3 Å². The van der Waals surface area contributed by atoms with Gasteiger partial charge in [-0.25, -0.2) is 4.98 Å². The van der Waals surface area contributed by atoms with Gasteiger partial charge >= 0.3 is 0 Å². The molecule has 1 rings (SSSR count). The highest BCUT2D eigenvalue weighted by Gasteiger charge is 2.20. The lowest BCUT2D eigenvalue weighted by Crippen LogP contribution is -2.51. The molecule has 5 nitrogen and oxygen atoms in total. The zero-order valence-electron chi connectivity index (χ0n) is 12.7. The number of carbonyl (C=O) groups is 2. The molecule has 2 N–H and O–H groups in total. The number of thiazole rings is 1. The Hall–Kier alpha value is -1.43. The van der Waals surface area contributed by atoms with Crippen molar-refractivity contribution in [1.29, 1.82) is 0 Å². The summed E-state index contributed by atoms with van der Waals surface area (Å²) in [5.74, 6) is -0.368. The summed E-state index contributed by atoms with van der Waals surface area (Å²) >= 11 is 1.55. The van der Waals surface area contributed by atoms with E-state index in [0.717, 1.165) is 17.1 Å². The molecule has 0 bridgehead atoms. The first-order valence-corrected chi connectivity index (χ1v) is 7.64. The normalized spacial score (nSPS) is 12.8. The number of carbonyl (C=O) groups excluding carboxylic acids is 2. The molecule has 0 saturated carbocycles. The van der Waals surface area contributed by atoms with E-state index in [2.05, 4.69) is 15.6 Å². The van der Waals surface area contributed by atoms with E-state index in [1.165, 1.54) is 0 Å². The molecule has 1 heterocycles. The minimum atomic E-state index is -0.550. The van der Waals surface area contributed by atoms with Crippen molar-refractivity contribution in [3.05, 3.63) is 16.1 Å². The molecule has 0 saturated heterocycles. The molecule has 0 aliphatic rings. The Labute approximate surface area is 124 Å². The highest BCUT2D eigenvalue weighted by molar-refractivity contribution is 7.09. The van der Waals surface area contributed by atoms with E-state index in [9.17, 15) is 9.59 Å². The van der Waals surface area contributed by atoms with Gasteiger partial charge in [0.25, 0.3) is 0 Å². The van der Waals surface area contributed by atoms with E-state index < -0.39 is 6.04 Å². The Bertz CT molecular complexity index is 477. The minimum Gasteiger partial charge on any atom is -0.350 e. The largest absolute Gasteiger partial charge is 0.350 e. The van der Waals surface area contributed by atoms with Crippen molar-refractivity contribution in [2.24, 2.45) is 0 Å². The fourth-order valence-electron chi connectivity index (χ4n) is 1.59. The van der Waals surface area contributed by atoms with Gasteiger partial charge in [0.05, 0.1) is 17.1 Å². The van der Waals surface area contributed by atoms with Crippen LogP contribution in [-0.2, 0) is 22.4 Å². The first-order valence-electron chi connectivity index (χ1n) is 6.76. The zero-order valence-corrected chi connectivity index (χ0v) is 13.6. The highest BCUT2D eigenvalue weighted by Crippen LogP contribution is 2.10. The zero-order chi connectivity index (χ0) is 15.3. The summed E-state index contributed by atoms with van der Waals surface area (Å²) in [6.45, 7) is 9.42. The van der Waals surface area contributed by atoms with Gasteiger partial charge in [0, 0.05) is 10.9 Å². The molecular formula is C14H23N3O2S. The predicted molar refractivity (Wildman–Crippen MR) is 80.7 cm³/mol. The molecular weight excluding hydrogens is 274 g/mol. The van der Waals surface area contributed by atoms with Crippen LogP contribution in [0.15, 0.2) is 5.38 Å². The van der Waals surface area contributed by atoms with E-state index in [-0.39, 0.29) is 23.8 Å². The topological polar surface area (TPSA) is 71.1 Å². The predicted octanol–water partition coefficient (Wildman–Crippen LogP) is 1.67. The molecule has 1 aromatic rings. The van der Waals surface area contributed by atoms with Crippen molar-refractivity contribution in [2.45, 2.75) is 59.0 Å². The molecule has 1 atom stereocenters. The number of nitrogens with one attached hydrogen (secondary N) is 2. The maximum atomic E-state index is 11.9. The van der Waals surface area contributed by atoms with Gasteiger partial charge in [-0.2, -0.15) is 0 Å². The Morgan fingerprint density at radius 1 is 1.40 bits per heavy atom. The van der Waals surface area contributed by atoms with Crippen molar-refractivity contribution in [3.8, 4) is 0 Å². The van der Waals surface area contributed by atoms with E-state index in [0.29, 0.717) is 0 Å². The van der Waals surface area contributed by atoms with Crippen LogP contribution in [0.3, 0.4) is 0 Å². The van der Waals surface area contributed by atoms with E-state index in [1.807, 2.05) is 33.1 Å². The van der Waals surface area contributed by atoms with Crippen LogP contribution in [0.2, 0.25) is 0 Å². The SMILES string of the molecule is CCc1nc(CC(=O)N[C@@H](C)C(=O)NC(C)(C)C)cs1. The Balaban J connectivity index is 2.47. The molecule has 6 heteroatoms. The second kappa shape index (κ2) is 6.83. The number of rotatable bonds is 5. The molecule has 0 aliphatic carbocycles. The lowest BCUT2D eigenvalue weighted by atomic mass is 10.1. The van der Waals surface area contributed by atoms with Crippen molar-refractivity contribution >= 4 is 23.2 Å². The van der Waals surface area contributed by atoms with Crippen LogP contribution in [0.25, 0.3) is 0 Å². The minimum absolute atomic E-state index is 0.182. The number of amides is 2. The number of hydrogen-bond donors (Lipinski definition) is 2. The molecule has 2 amide bonds. The first-order chi connectivity index (χ1) is 9.21. The van der Waals surface area contributed by atoms with Crippen LogP contribution in [0.1, 0.15) is 45.3 Å². The second-order valence-electron chi connectivity index (χ2n) is 5.79. The quantitative estimate of drug-likeness (QED) is 0.868. The number of hydrogen-bond acceptors (Lipinski definition) is 4. The van der Waals surface area contributed by atoms with Gasteiger partial charge in [-0.05, 0) is 34.1 Å². The second-order valence-corrected chi connectivity index (χ2v) is 6.73. The monoisotopic (exact) mass is 297 g/mol. The first kappa shape index (κ1) is 16.6. The smallest absolute Gasteiger partial charge is 0.242 e. The Kier molecular flexibility index (Phi) is 5.68. The van der Waals surface area contributed by atoms with Crippen molar-refractivity contribution in [2.75, 3.05) is 0 Å². The number of aryl methyl sites for hydroxylation is 1. The summed E-state index contributed by atoms with van der Waals surface area (Å²) in [6.07, 6.45) is 1.08. The van der Waals surface area contributed by atoms with Crippen LogP contribution < -0.4 is 10.6 Å². The molecule has 0 aliphatic heterocycles. The standard InChI is InChI=1S/C14H23N3O2S/c1-6-12-16-10(8-20-12)7-11(18)15-9(2)13(19)17-14(3,4)5/h8-9H,6-7H2,1-5H3,(H,15,18)(H,17,19)/t9-/m0/s1. The van der Waals surface area contributed by atoms with Crippen molar-refractivity contribution in [1.82, 2.24) is 15.6 Å². The summed E-state index contributed by atoms with van der Waals surface area (Å²) in [5, 5.41) is 8.43. The maximum absolute atomic E-state index is 11.9. The van der Waals surface area contributed by atoms with Gasteiger partial charge in [-0.3, -0.25) is 9.59 Å². The maximum Gasteiger partial charge on any atom is 0.242 e. The molecule has 0 unspecified atom stereocenters. The van der Waals surface area contributed by atoms with Gasteiger partial charge in [0.15, 0.2) is 0 Å². The summed E-state index contributed by atoms with van der Waals surface area (Å²) < 4.78 is 0. The average molecular weight is 297 g/mol. The van der Waals surface area contributed by atoms with Gasteiger partial charge in [-0.15, -0.1) is 11.3 Å². The molecule has 20 heavy (non-hydrogen) atoms. The number of aromatic nitrogens is 1. The number of nitrogens with zero attached hydrogens (tertiary/aromatic N) is 1. The summed E-state index contributed by atoms with van der Waals surface area (Å²) in [6, 6.07) is -0.550. The third-order valence-corrected chi connectivity index (χ3v) is 3.55. The molecule has 0 spiro atoms. The van der Waals surface area contributed by atoms with Gasteiger partial charge in [0.2, 0.25) is 11.8 Å². The Morgan fingerprint density at radius 3 is 2.55 bits per heavy atom. The van der Waals surface area contributed by atoms with Crippen LogP contribution in [0.4, 0.5) is 0 Å². The van der Waals surface area contributed by atoms with Crippen LogP contribution in [0, 0.1) is 0 Å². The van der Waals surface area contributed by atoms with Crippen molar-refractivity contribution < 1.29 is 9.59 Å². The lowest BCUT2D eigenvalue weighted by Gasteiger charge is -2.23. The molecule has 0 fully saturated rings. The van der Waals surface area contributed by atoms with Gasteiger partial charge in [0.1, 0.15) is 6.04 Å². The molecule has 1 aromatic heterocycles. The highest BCUT2D eigenvalue weighted by atomic mass is 32.1. The average Bonchev–Trinajstić information content (AvgIpc) is 2.74. The third-order valence-electron chi connectivity index (χ3n) is 2.51. The fourth-order valence-corrected chi connectivity index (χ4v) is 2.34. The fraction of sp³-hybridized carbons (Fsp3) is 0.643. The Morgan fingerprint density at radius 2 is 2.05 bits per heavy atom. The van der Waals surface area contributed by atoms with Crippen LogP contribution in [0.5, 0.6) is 0 Å². The van der Waals surface area contributed by atoms with Gasteiger partial charge in [-0.1, -0.05) is 6.92 Å². The summed E-state index contributed by atoms with van der Waals surface area (Å²) in [7, 11) is 0. The molecule has 0 radical (unpaired) electrons. The lowest BCUT2D eigenvalue weighted by molar-refractivity contribution is -0.129. The van der Waals surface area contributed by atoms with E-state index >= 15 is 0 Å².